The number of carboxylic acids is 1. The van der Waals surface area contributed by atoms with Crippen molar-refractivity contribution in [2.75, 3.05) is 6.54 Å². The summed E-state index contributed by atoms with van der Waals surface area (Å²) >= 11 is 0. The number of nitrogens with zero attached hydrogens (tertiary/aromatic N) is 1. The van der Waals surface area contributed by atoms with Gasteiger partial charge in [-0.3, -0.25) is 9.59 Å². The zero-order chi connectivity index (χ0) is 19.8. The summed E-state index contributed by atoms with van der Waals surface area (Å²) in [6, 6.07) is -2.33. The number of carbonyl (C=O) groups is 3. The maximum atomic E-state index is 13.1. The summed E-state index contributed by atoms with van der Waals surface area (Å²) in [7, 11) is 0. The largest absolute Gasteiger partial charge is 0.480 e. The lowest BCUT2D eigenvalue weighted by Crippen LogP contribution is -2.57. The maximum Gasteiger partial charge on any atom is 0.471 e. The normalized spacial score (nSPS) is 30.0. The second-order valence-corrected chi connectivity index (χ2v) is 7.98. The Labute approximate surface area is 155 Å². The number of halogens is 3. The number of fused-ring (bicyclic) bond motifs is 1. The molecule has 0 aromatic carbocycles. The van der Waals surface area contributed by atoms with Crippen molar-refractivity contribution in [3.05, 3.63) is 0 Å². The van der Waals surface area contributed by atoms with Crippen LogP contribution in [0.3, 0.4) is 0 Å². The van der Waals surface area contributed by atoms with Crippen LogP contribution in [0.15, 0.2) is 0 Å². The molecule has 9 heteroatoms. The fourth-order valence-electron chi connectivity index (χ4n) is 5.10. The van der Waals surface area contributed by atoms with Crippen LogP contribution in [0.25, 0.3) is 0 Å². The number of carboxylic acid groups (broad SMARTS) is 1. The van der Waals surface area contributed by atoms with Crippen molar-refractivity contribution < 1.29 is 32.7 Å². The van der Waals surface area contributed by atoms with Crippen molar-refractivity contribution in [3.8, 4) is 0 Å². The van der Waals surface area contributed by atoms with Gasteiger partial charge in [-0.1, -0.05) is 25.7 Å². The van der Waals surface area contributed by atoms with E-state index in [4.69, 9.17) is 0 Å². The first-order chi connectivity index (χ1) is 12.7. The molecule has 3 aliphatic rings. The molecule has 3 rings (SSSR count). The first kappa shape index (κ1) is 19.9. The minimum atomic E-state index is -5.08. The van der Waals surface area contributed by atoms with Gasteiger partial charge in [0, 0.05) is 6.54 Å². The molecule has 3 fully saturated rings. The first-order valence-corrected chi connectivity index (χ1v) is 9.61. The Hall–Kier alpha value is -1.80. The molecule has 0 radical (unpaired) electrons. The van der Waals surface area contributed by atoms with E-state index in [0.717, 1.165) is 32.1 Å². The van der Waals surface area contributed by atoms with Gasteiger partial charge in [-0.15, -0.1) is 0 Å². The van der Waals surface area contributed by atoms with E-state index in [0.29, 0.717) is 19.3 Å². The number of aliphatic carboxylic acids is 1. The van der Waals surface area contributed by atoms with E-state index in [1.54, 1.807) is 0 Å². The van der Waals surface area contributed by atoms with Gasteiger partial charge in [0.2, 0.25) is 5.91 Å². The summed E-state index contributed by atoms with van der Waals surface area (Å²) in [4.78, 5) is 37.7. The average Bonchev–Trinajstić information content (AvgIpc) is 3.19. The molecule has 0 bridgehead atoms. The summed E-state index contributed by atoms with van der Waals surface area (Å²) < 4.78 is 38.3. The summed E-state index contributed by atoms with van der Waals surface area (Å²) in [5.74, 6) is -4.43. The smallest absolute Gasteiger partial charge is 0.471 e. The number of rotatable bonds is 4. The van der Waals surface area contributed by atoms with Crippen LogP contribution < -0.4 is 5.32 Å². The summed E-state index contributed by atoms with van der Waals surface area (Å²) in [6.07, 6.45) is 0.943. The van der Waals surface area contributed by atoms with Gasteiger partial charge in [-0.25, -0.2) is 4.79 Å². The number of likely N-dealkylation sites (tertiary alicyclic amines) is 1. The Morgan fingerprint density at radius 3 is 2.26 bits per heavy atom. The van der Waals surface area contributed by atoms with Gasteiger partial charge >= 0.3 is 18.1 Å². The van der Waals surface area contributed by atoms with Crippen molar-refractivity contribution in [2.24, 2.45) is 17.8 Å². The molecule has 27 heavy (non-hydrogen) atoms. The van der Waals surface area contributed by atoms with Crippen LogP contribution in [0, 0.1) is 17.8 Å². The lowest BCUT2D eigenvalue weighted by Gasteiger charge is -2.34. The molecule has 0 aromatic rings. The van der Waals surface area contributed by atoms with E-state index in [-0.39, 0.29) is 18.4 Å². The van der Waals surface area contributed by atoms with E-state index in [2.05, 4.69) is 0 Å². The molecule has 2 aliphatic carbocycles. The monoisotopic (exact) mass is 390 g/mol. The SMILES string of the molecule is O=C(O)[C@@H]1[C@H]2CCC[C@H]2CN1C(=O)[C@@H](NC(=O)C(F)(F)F)C1CCCCC1. The molecule has 2 saturated carbocycles. The van der Waals surface area contributed by atoms with Gasteiger partial charge in [0.25, 0.3) is 0 Å². The molecule has 0 unspecified atom stereocenters. The number of alkyl halides is 3. The van der Waals surface area contributed by atoms with Crippen molar-refractivity contribution in [1.82, 2.24) is 10.2 Å². The van der Waals surface area contributed by atoms with Crippen molar-refractivity contribution in [2.45, 2.75) is 69.6 Å². The van der Waals surface area contributed by atoms with Crippen LogP contribution in [0.2, 0.25) is 0 Å². The molecule has 0 aromatic heterocycles. The molecule has 4 atom stereocenters. The fourth-order valence-corrected chi connectivity index (χ4v) is 5.10. The van der Waals surface area contributed by atoms with E-state index in [1.807, 2.05) is 5.32 Å². The van der Waals surface area contributed by atoms with Crippen LogP contribution in [0.4, 0.5) is 13.2 Å². The number of carbonyl (C=O) groups excluding carboxylic acids is 2. The van der Waals surface area contributed by atoms with E-state index < -0.39 is 42.0 Å². The molecular weight excluding hydrogens is 365 g/mol. The highest BCUT2D eigenvalue weighted by molar-refractivity contribution is 5.92. The number of hydrogen-bond acceptors (Lipinski definition) is 3. The van der Waals surface area contributed by atoms with Gasteiger partial charge in [-0.2, -0.15) is 13.2 Å². The predicted octanol–water partition coefficient (Wildman–Crippen LogP) is 2.33. The quantitative estimate of drug-likeness (QED) is 0.771. The molecule has 1 aliphatic heterocycles. The van der Waals surface area contributed by atoms with Crippen LogP contribution in [-0.4, -0.2) is 52.6 Å². The molecular formula is C18H25F3N2O4. The molecule has 6 nitrogen and oxygen atoms in total. The highest BCUT2D eigenvalue weighted by atomic mass is 19.4. The maximum absolute atomic E-state index is 13.1. The Morgan fingerprint density at radius 2 is 1.67 bits per heavy atom. The molecule has 1 saturated heterocycles. The minimum absolute atomic E-state index is 0.0698. The van der Waals surface area contributed by atoms with Gasteiger partial charge in [0.05, 0.1) is 0 Å². The molecule has 2 amide bonds. The summed E-state index contributed by atoms with van der Waals surface area (Å²) in [6.45, 7) is 0.242. The van der Waals surface area contributed by atoms with Gasteiger partial charge < -0.3 is 15.3 Å². The Morgan fingerprint density at radius 1 is 1.00 bits per heavy atom. The van der Waals surface area contributed by atoms with E-state index >= 15 is 0 Å². The molecule has 1 heterocycles. The summed E-state index contributed by atoms with van der Waals surface area (Å²) in [5.41, 5.74) is 0. The third-order valence-corrected chi connectivity index (χ3v) is 6.36. The standard InChI is InChI=1S/C18H25F3N2O4/c19-18(20,21)17(27)22-13(10-5-2-1-3-6-10)15(24)23-9-11-7-4-8-12(11)14(23)16(25)26/h10-14H,1-9H2,(H,22,27)(H,25,26)/t11-,12-,13-,14-/m0/s1. The third-order valence-electron chi connectivity index (χ3n) is 6.36. The fraction of sp³-hybridized carbons (Fsp3) is 0.833. The van der Waals surface area contributed by atoms with Crippen molar-refractivity contribution in [3.63, 3.8) is 0 Å². The highest BCUT2D eigenvalue weighted by Gasteiger charge is 2.52. The Balaban J connectivity index is 1.83. The van der Waals surface area contributed by atoms with Crippen molar-refractivity contribution >= 4 is 17.8 Å². The second kappa shape index (κ2) is 7.67. The minimum Gasteiger partial charge on any atom is -0.480 e. The first-order valence-electron chi connectivity index (χ1n) is 9.61. The van der Waals surface area contributed by atoms with Crippen LogP contribution in [-0.2, 0) is 14.4 Å². The van der Waals surface area contributed by atoms with E-state index in [1.165, 1.54) is 4.90 Å². The van der Waals surface area contributed by atoms with Gasteiger partial charge in [0.1, 0.15) is 12.1 Å². The lowest BCUT2D eigenvalue weighted by atomic mass is 9.83. The van der Waals surface area contributed by atoms with Gasteiger partial charge in [-0.05, 0) is 43.4 Å². The number of hydrogen-bond donors (Lipinski definition) is 2. The molecule has 2 N–H and O–H groups in total. The van der Waals surface area contributed by atoms with E-state index in [9.17, 15) is 32.7 Å². The average molecular weight is 390 g/mol. The Kier molecular flexibility index (Phi) is 5.67. The number of amides is 2. The topological polar surface area (TPSA) is 86.7 Å². The van der Waals surface area contributed by atoms with Crippen molar-refractivity contribution in [1.29, 1.82) is 0 Å². The zero-order valence-corrected chi connectivity index (χ0v) is 15.0. The van der Waals surface area contributed by atoms with Gasteiger partial charge in [0.15, 0.2) is 0 Å². The molecule has 0 spiro atoms. The second-order valence-electron chi connectivity index (χ2n) is 7.98. The highest BCUT2D eigenvalue weighted by Crippen LogP contribution is 2.43. The predicted molar refractivity (Wildman–Crippen MR) is 88.5 cm³/mol. The lowest BCUT2D eigenvalue weighted by molar-refractivity contribution is -0.176. The van der Waals surface area contributed by atoms with Crippen LogP contribution in [0.1, 0.15) is 51.4 Å². The Bertz CT molecular complexity index is 604. The summed E-state index contributed by atoms with van der Waals surface area (Å²) in [5, 5.41) is 11.5. The zero-order valence-electron chi connectivity index (χ0n) is 15.0. The molecule has 152 valence electrons. The van der Waals surface area contributed by atoms with Crippen LogP contribution in [0.5, 0.6) is 0 Å². The third kappa shape index (κ3) is 4.06. The van der Waals surface area contributed by atoms with Crippen LogP contribution >= 0.6 is 0 Å². The number of nitrogens with one attached hydrogen (secondary N) is 1.